The summed E-state index contributed by atoms with van der Waals surface area (Å²) in [5.74, 6) is -1.86. The fourth-order valence-corrected chi connectivity index (χ4v) is 5.37. The van der Waals surface area contributed by atoms with E-state index in [1.165, 1.54) is 12.8 Å². The summed E-state index contributed by atoms with van der Waals surface area (Å²) >= 11 is 0. The highest BCUT2D eigenvalue weighted by atomic mass is 19.4. The van der Waals surface area contributed by atoms with Crippen molar-refractivity contribution in [3.8, 4) is 0 Å². The minimum atomic E-state index is -4.20. The molecular formula is C26H33F3N2O. The van der Waals surface area contributed by atoms with Crippen molar-refractivity contribution in [1.29, 1.82) is 0 Å². The van der Waals surface area contributed by atoms with Crippen LogP contribution in [-0.2, 0) is 0 Å². The van der Waals surface area contributed by atoms with E-state index in [4.69, 9.17) is 0 Å². The largest absolute Gasteiger partial charge is 0.392 e. The zero-order chi connectivity index (χ0) is 22.9. The van der Waals surface area contributed by atoms with Crippen molar-refractivity contribution in [3.05, 3.63) is 53.6 Å². The molecule has 0 bridgehead atoms. The number of amides is 1. The number of likely N-dealkylation sites (tertiary alicyclic amines) is 2. The number of nitrogens with zero attached hydrogens (tertiary/aromatic N) is 2. The molecule has 0 saturated carbocycles. The summed E-state index contributed by atoms with van der Waals surface area (Å²) in [6.45, 7) is 6.73. The van der Waals surface area contributed by atoms with Crippen LogP contribution in [0.4, 0.5) is 13.2 Å². The van der Waals surface area contributed by atoms with Gasteiger partial charge in [-0.1, -0.05) is 37.3 Å². The predicted molar refractivity (Wildman–Crippen MR) is 121 cm³/mol. The average Bonchev–Trinajstić information content (AvgIpc) is 3.32. The van der Waals surface area contributed by atoms with Gasteiger partial charge in [-0.3, -0.25) is 9.69 Å². The molecular weight excluding hydrogens is 413 g/mol. The molecule has 2 heterocycles. The number of allylic oxidation sites excluding steroid dienone is 4. The van der Waals surface area contributed by atoms with Crippen LogP contribution < -0.4 is 0 Å². The zero-order valence-corrected chi connectivity index (χ0v) is 18.9. The number of halogens is 3. The molecule has 2 fully saturated rings. The molecule has 3 nitrogen and oxygen atoms in total. The Hall–Kier alpha value is -2.08. The van der Waals surface area contributed by atoms with Crippen molar-refractivity contribution in [2.24, 2.45) is 11.8 Å². The van der Waals surface area contributed by atoms with E-state index in [9.17, 15) is 18.0 Å². The first kappa shape index (κ1) is 23.1. The molecule has 32 heavy (non-hydrogen) atoms. The number of carbonyl (C=O) groups is 1. The van der Waals surface area contributed by atoms with Crippen molar-refractivity contribution in [3.63, 3.8) is 0 Å². The van der Waals surface area contributed by atoms with Crippen LogP contribution >= 0.6 is 0 Å². The summed E-state index contributed by atoms with van der Waals surface area (Å²) in [5.41, 5.74) is 2.27. The number of benzene rings is 1. The molecule has 2 aliphatic heterocycles. The van der Waals surface area contributed by atoms with Gasteiger partial charge in [0.25, 0.3) is 5.91 Å². The van der Waals surface area contributed by atoms with Gasteiger partial charge >= 0.3 is 6.18 Å². The molecule has 6 heteroatoms. The van der Waals surface area contributed by atoms with Crippen molar-refractivity contribution in [2.75, 3.05) is 19.6 Å². The second-order valence-corrected chi connectivity index (χ2v) is 9.62. The summed E-state index contributed by atoms with van der Waals surface area (Å²) < 4.78 is 39.8. The highest BCUT2D eigenvalue weighted by molar-refractivity contribution is 5.95. The maximum atomic E-state index is 13.3. The van der Waals surface area contributed by atoms with Gasteiger partial charge in [-0.25, -0.2) is 0 Å². The maximum absolute atomic E-state index is 13.3. The predicted octanol–water partition coefficient (Wildman–Crippen LogP) is 5.93. The van der Waals surface area contributed by atoms with Crippen LogP contribution in [-0.4, -0.2) is 53.6 Å². The Morgan fingerprint density at radius 3 is 2.44 bits per heavy atom. The first-order valence-corrected chi connectivity index (χ1v) is 11.8. The third kappa shape index (κ3) is 4.95. The Bertz CT molecular complexity index is 874. The lowest BCUT2D eigenvalue weighted by atomic mass is 9.91. The molecule has 4 unspecified atom stereocenters. The molecule has 4 rings (SSSR count). The molecule has 174 valence electrons. The number of hydrogen-bond donors (Lipinski definition) is 0. The molecule has 0 aromatic heterocycles. The van der Waals surface area contributed by atoms with Gasteiger partial charge in [-0.05, 0) is 74.8 Å². The van der Waals surface area contributed by atoms with Crippen LogP contribution in [0.15, 0.2) is 42.5 Å². The van der Waals surface area contributed by atoms with Crippen LogP contribution in [0.2, 0.25) is 0 Å². The fourth-order valence-electron chi connectivity index (χ4n) is 5.37. The van der Waals surface area contributed by atoms with Crippen LogP contribution in [0.3, 0.4) is 0 Å². The van der Waals surface area contributed by atoms with Crippen molar-refractivity contribution >= 4 is 11.5 Å². The van der Waals surface area contributed by atoms with E-state index in [0.29, 0.717) is 11.6 Å². The molecule has 3 aliphatic rings. The van der Waals surface area contributed by atoms with Crippen LogP contribution in [0.1, 0.15) is 61.9 Å². The average molecular weight is 447 g/mol. The van der Waals surface area contributed by atoms with E-state index in [0.717, 1.165) is 43.6 Å². The van der Waals surface area contributed by atoms with Gasteiger partial charge in [0.15, 0.2) is 0 Å². The quantitative estimate of drug-likeness (QED) is 0.572. The topological polar surface area (TPSA) is 23.6 Å². The Labute approximate surface area is 189 Å². The van der Waals surface area contributed by atoms with E-state index >= 15 is 0 Å². The molecule has 1 aromatic carbocycles. The first-order chi connectivity index (χ1) is 15.2. The first-order valence-electron chi connectivity index (χ1n) is 11.8. The van der Waals surface area contributed by atoms with Gasteiger partial charge in [0, 0.05) is 30.7 Å². The molecule has 2 saturated heterocycles. The minimum absolute atomic E-state index is 0.0297. The summed E-state index contributed by atoms with van der Waals surface area (Å²) in [5, 5.41) is 0. The van der Waals surface area contributed by atoms with Crippen molar-refractivity contribution < 1.29 is 18.0 Å². The van der Waals surface area contributed by atoms with Gasteiger partial charge in [-0.15, -0.1) is 0 Å². The lowest BCUT2D eigenvalue weighted by Gasteiger charge is -2.30. The molecule has 0 N–H and O–H groups in total. The van der Waals surface area contributed by atoms with Crippen molar-refractivity contribution in [1.82, 2.24) is 9.80 Å². The normalized spacial score (nSPS) is 29.3. The van der Waals surface area contributed by atoms with Gasteiger partial charge in [-0.2, -0.15) is 13.2 Å². The number of alkyl halides is 3. The Morgan fingerprint density at radius 1 is 1.06 bits per heavy atom. The van der Waals surface area contributed by atoms with E-state index < -0.39 is 18.0 Å². The molecule has 0 radical (unpaired) electrons. The number of rotatable bonds is 4. The highest BCUT2D eigenvalue weighted by Gasteiger charge is 2.42. The zero-order valence-electron chi connectivity index (χ0n) is 18.9. The van der Waals surface area contributed by atoms with Crippen molar-refractivity contribution in [2.45, 2.75) is 64.2 Å². The lowest BCUT2D eigenvalue weighted by Crippen LogP contribution is -2.44. The van der Waals surface area contributed by atoms with E-state index in [1.807, 2.05) is 29.2 Å². The van der Waals surface area contributed by atoms with Gasteiger partial charge in [0.1, 0.15) is 0 Å². The van der Waals surface area contributed by atoms with E-state index in [2.05, 4.69) is 11.8 Å². The Morgan fingerprint density at radius 2 is 1.78 bits per heavy atom. The van der Waals surface area contributed by atoms with Crippen LogP contribution in [0.25, 0.3) is 5.57 Å². The monoisotopic (exact) mass is 446 g/mol. The third-order valence-electron chi connectivity index (χ3n) is 7.47. The van der Waals surface area contributed by atoms with E-state index in [1.54, 1.807) is 25.2 Å². The summed E-state index contributed by atoms with van der Waals surface area (Å²) in [7, 11) is 0. The smallest absolute Gasteiger partial charge is 0.334 e. The molecule has 1 amide bonds. The summed E-state index contributed by atoms with van der Waals surface area (Å²) in [4.78, 5) is 17.7. The second-order valence-electron chi connectivity index (χ2n) is 9.62. The molecule has 4 atom stereocenters. The van der Waals surface area contributed by atoms with E-state index in [-0.39, 0.29) is 18.4 Å². The fraction of sp³-hybridized carbons (Fsp3) is 0.577. The Kier molecular flexibility index (Phi) is 6.80. The summed E-state index contributed by atoms with van der Waals surface area (Å²) in [6, 6.07) is 8.19. The summed E-state index contributed by atoms with van der Waals surface area (Å²) in [6.07, 6.45) is 5.40. The van der Waals surface area contributed by atoms with Gasteiger partial charge < -0.3 is 4.90 Å². The molecule has 0 spiro atoms. The highest BCUT2D eigenvalue weighted by Crippen LogP contribution is 2.38. The molecule has 1 aliphatic carbocycles. The SMILES string of the molecule is CC1C=CC(c2ccc(C(=O)N3CCCC3CN3CCCC3C)cc2)=CCC1C(F)(F)F. The van der Waals surface area contributed by atoms with Crippen LogP contribution in [0, 0.1) is 11.8 Å². The minimum Gasteiger partial charge on any atom is -0.334 e. The van der Waals surface area contributed by atoms with Gasteiger partial charge in [0.05, 0.1) is 5.92 Å². The Balaban J connectivity index is 1.44. The third-order valence-corrected chi connectivity index (χ3v) is 7.47. The number of carbonyl (C=O) groups excluding carboxylic acids is 1. The second kappa shape index (κ2) is 9.42. The molecule has 1 aromatic rings. The lowest BCUT2D eigenvalue weighted by molar-refractivity contribution is -0.181. The number of hydrogen-bond acceptors (Lipinski definition) is 2. The van der Waals surface area contributed by atoms with Gasteiger partial charge in [0.2, 0.25) is 0 Å². The standard InChI is InChI=1S/C26H33F3N2O/c1-18-7-8-20(13-14-24(18)26(27,28)29)21-9-11-22(12-10-21)25(32)31-16-4-6-23(31)17-30-15-3-5-19(30)2/h7-13,18-19,23-24H,3-6,14-17H2,1-2H3. The van der Waals surface area contributed by atoms with Crippen LogP contribution in [0.5, 0.6) is 0 Å². The maximum Gasteiger partial charge on any atom is 0.392 e.